The van der Waals surface area contributed by atoms with Crippen molar-refractivity contribution in [3.8, 4) is 11.5 Å². The number of nitrogens with one attached hydrogen (secondary N) is 2. The number of hydrogen-bond acceptors (Lipinski definition) is 4. The van der Waals surface area contributed by atoms with Crippen molar-refractivity contribution in [3.05, 3.63) is 23.8 Å². The number of nitrogens with zero attached hydrogens (tertiary/aromatic N) is 1. The zero-order valence-electron chi connectivity index (χ0n) is 14.1. The minimum atomic E-state index is -0.269. The zero-order chi connectivity index (χ0) is 16.6. The predicted octanol–water partition coefficient (Wildman–Crippen LogP) is 1.88. The first-order valence-corrected chi connectivity index (χ1v) is 7.35. The third-order valence-corrected chi connectivity index (χ3v) is 3.24. The van der Waals surface area contributed by atoms with Crippen molar-refractivity contribution in [1.29, 1.82) is 0 Å². The summed E-state index contributed by atoms with van der Waals surface area (Å²) in [5, 5.41) is 16.2. The Kier molecular flexibility index (Phi) is 6.98. The molecule has 6 heteroatoms. The number of ether oxygens (including phenoxy) is 2. The standard InChI is InChI=1S/C16H27N3O3/c1-6-17-15(19-11-16(2,3)22-5)18-10-12-7-8-14(21-4)13(20)9-12/h7-9,20H,6,10-11H2,1-5H3,(H2,17,18,19). The smallest absolute Gasteiger partial charge is 0.191 e. The summed E-state index contributed by atoms with van der Waals surface area (Å²) in [5.41, 5.74) is 0.635. The van der Waals surface area contributed by atoms with E-state index in [1.54, 1.807) is 19.2 Å². The maximum Gasteiger partial charge on any atom is 0.191 e. The van der Waals surface area contributed by atoms with Crippen LogP contribution in [-0.2, 0) is 11.3 Å². The van der Waals surface area contributed by atoms with Gasteiger partial charge in [-0.25, -0.2) is 4.99 Å². The highest BCUT2D eigenvalue weighted by Crippen LogP contribution is 2.26. The summed E-state index contributed by atoms with van der Waals surface area (Å²) >= 11 is 0. The molecular weight excluding hydrogens is 282 g/mol. The van der Waals surface area contributed by atoms with Gasteiger partial charge in [0.1, 0.15) is 0 Å². The Bertz CT molecular complexity index is 501. The van der Waals surface area contributed by atoms with Gasteiger partial charge in [0.2, 0.25) is 0 Å². The van der Waals surface area contributed by atoms with Gasteiger partial charge in [-0.3, -0.25) is 0 Å². The van der Waals surface area contributed by atoms with Crippen molar-refractivity contribution >= 4 is 5.96 Å². The Morgan fingerprint density at radius 3 is 2.55 bits per heavy atom. The fourth-order valence-corrected chi connectivity index (χ4v) is 1.71. The van der Waals surface area contributed by atoms with E-state index in [1.165, 1.54) is 7.11 Å². The van der Waals surface area contributed by atoms with E-state index < -0.39 is 0 Å². The van der Waals surface area contributed by atoms with Crippen molar-refractivity contribution in [2.45, 2.75) is 32.9 Å². The van der Waals surface area contributed by atoms with E-state index >= 15 is 0 Å². The van der Waals surface area contributed by atoms with Gasteiger partial charge in [-0.2, -0.15) is 0 Å². The second-order valence-corrected chi connectivity index (χ2v) is 5.52. The first-order valence-electron chi connectivity index (χ1n) is 7.35. The molecule has 0 saturated heterocycles. The van der Waals surface area contributed by atoms with Gasteiger partial charge in [0.15, 0.2) is 17.5 Å². The molecule has 0 unspecified atom stereocenters. The number of rotatable bonds is 7. The van der Waals surface area contributed by atoms with Crippen LogP contribution in [0.1, 0.15) is 26.3 Å². The van der Waals surface area contributed by atoms with Gasteiger partial charge in [0.05, 0.1) is 19.3 Å². The van der Waals surface area contributed by atoms with Crippen molar-refractivity contribution in [2.75, 3.05) is 27.3 Å². The average molecular weight is 309 g/mol. The second-order valence-electron chi connectivity index (χ2n) is 5.52. The lowest BCUT2D eigenvalue weighted by atomic mass is 10.1. The minimum absolute atomic E-state index is 0.119. The van der Waals surface area contributed by atoms with Crippen molar-refractivity contribution < 1.29 is 14.6 Å². The van der Waals surface area contributed by atoms with Crippen LogP contribution in [0, 0.1) is 0 Å². The van der Waals surface area contributed by atoms with E-state index in [4.69, 9.17) is 9.47 Å². The number of methoxy groups -OCH3 is 2. The number of hydrogen-bond donors (Lipinski definition) is 3. The molecule has 0 aliphatic rings. The van der Waals surface area contributed by atoms with Gasteiger partial charge in [-0.15, -0.1) is 0 Å². The van der Waals surface area contributed by atoms with Crippen LogP contribution in [0.4, 0.5) is 0 Å². The molecule has 22 heavy (non-hydrogen) atoms. The third-order valence-electron chi connectivity index (χ3n) is 3.24. The van der Waals surface area contributed by atoms with Crippen molar-refractivity contribution in [2.24, 2.45) is 4.99 Å². The fourth-order valence-electron chi connectivity index (χ4n) is 1.71. The summed E-state index contributed by atoms with van der Waals surface area (Å²) in [6, 6.07) is 5.27. The van der Waals surface area contributed by atoms with Crippen molar-refractivity contribution in [1.82, 2.24) is 10.6 Å². The van der Waals surface area contributed by atoms with Crippen LogP contribution in [0.15, 0.2) is 23.2 Å². The Morgan fingerprint density at radius 1 is 1.27 bits per heavy atom. The molecule has 1 aromatic rings. The molecule has 0 heterocycles. The highest BCUT2D eigenvalue weighted by Gasteiger charge is 2.16. The SMILES string of the molecule is CCNC(=NCc1ccc(OC)c(O)c1)NCC(C)(C)OC. The monoisotopic (exact) mass is 309 g/mol. The number of aromatic hydroxyl groups is 1. The first-order chi connectivity index (χ1) is 10.4. The van der Waals surface area contributed by atoms with Gasteiger partial charge in [0.25, 0.3) is 0 Å². The first kappa shape index (κ1) is 18.1. The van der Waals surface area contributed by atoms with Crippen LogP contribution >= 0.6 is 0 Å². The minimum Gasteiger partial charge on any atom is -0.504 e. The molecule has 6 nitrogen and oxygen atoms in total. The van der Waals surface area contributed by atoms with Crippen LogP contribution in [0.2, 0.25) is 0 Å². The van der Waals surface area contributed by atoms with Crippen molar-refractivity contribution in [3.63, 3.8) is 0 Å². The number of phenols is 1. The number of aliphatic imine (C=N–C) groups is 1. The topological polar surface area (TPSA) is 75.1 Å². The molecule has 0 aliphatic carbocycles. The Labute approximate surface area is 132 Å². The summed E-state index contributed by atoms with van der Waals surface area (Å²) in [6.45, 7) is 7.89. The molecule has 1 rings (SSSR count). The molecule has 0 amide bonds. The third kappa shape index (κ3) is 5.81. The second kappa shape index (κ2) is 8.48. The molecule has 0 aliphatic heterocycles. The molecule has 0 aromatic heterocycles. The fraction of sp³-hybridized carbons (Fsp3) is 0.562. The summed E-state index contributed by atoms with van der Waals surface area (Å²) in [7, 11) is 3.21. The van der Waals surface area contributed by atoms with Crippen LogP contribution < -0.4 is 15.4 Å². The normalized spacial score (nSPS) is 12.1. The Balaban J connectivity index is 2.71. The Morgan fingerprint density at radius 2 is 2.00 bits per heavy atom. The van der Waals surface area contributed by atoms with Crippen LogP contribution in [0.25, 0.3) is 0 Å². The van der Waals surface area contributed by atoms with Gasteiger partial charge < -0.3 is 25.2 Å². The van der Waals surface area contributed by atoms with E-state index in [0.717, 1.165) is 12.1 Å². The molecule has 0 fully saturated rings. The molecule has 0 radical (unpaired) electrons. The van der Waals surface area contributed by atoms with Gasteiger partial charge in [0, 0.05) is 20.2 Å². The average Bonchev–Trinajstić information content (AvgIpc) is 2.50. The number of benzene rings is 1. The lowest BCUT2D eigenvalue weighted by molar-refractivity contribution is 0.0268. The van der Waals surface area contributed by atoms with Crippen LogP contribution in [-0.4, -0.2) is 44.0 Å². The summed E-state index contributed by atoms with van der Waals surface area (Å²) in [5.74, 6) is 1.29. The van der Waals surface area contributed by atoms with E-state index in [-0.39, 0.29) is 11.4 Å². The molecule has 124 valence electrons. The molecule has 1 aromatic carbocycles. The lowest BCUT2D eigenvalue weighted by Gasteiger charge is -2.24. The van der Waals surface area contributed by atoms with Gasteiger partial charge in [-0.1, -0.05) is 6.07 Å². The lowest BCUT2D eigenvalue weighted by Crippen LogP contribution is -2.45. The zero-order valence-corrected chi connectivity index (χ0v) is 14.1. The van der Waals surface area contributed by atoms with E-state index in [9.17, 15) is 5.11 Å². The largest absolute Gasteiger partial charge is 0.504 e. The predicted molar refractivity (Wildman–Crippen MR) is 88.6 cm³/mol. The van der Waals surface area contributed by atoms with Gasteiger partial charge >= 0.3 is 0 Å². The van der Waals surface area contributed by atoms with E-state index in [2.05, 4.69) is 15.6 Å². The van der Waals surface area contributed by atoms with Gasteiger partial charge in [-0.05, 0) is 38.5 Å². The summed E-state index contributed by atoms with van der Waals surface area (Å²) in [4.78, 5) is 4.50. The molecule has 0 atom stereocenters. The van der Waals surface area contributed by atoms with Crippen LogP contribution in [0.5, 0.6) is 11.5 Å². The highest BCUT2D eigenvalue weighted by atomic mass is 16.5. The van der Waals surface area contributed by atoms with E-state index in [0.29, 0.717) is 24.8 Å². The summed E-state index contributed by atoms with van der Waals surface area (Å²) < 4.78 is 10.4. The quantitative estimate of drug-likeness (QED) is 0.530. The van der Waals surface area contributed by atoms with Crippen LogP contribution in [0.3, 0.4) is 0 Å². The maximum absolute atomic E-state index is 9.78. The molecule has 0 saturated carbocycles. The Hall–Kier alpha value is -1.95. The molecule has 0 spiro atoms. The number of guanidine groups is 1. The highest BCUT2D eigenvalue weighted by molar-refractivity contribution is 5.79. The summed E-state index contributed by atoms with van der Waals surface area (Å²) in [6.07, 6.45) is 0. The molecule has 0 bridgehead atoms. The molecule has 3 N–H and O–H groups in total. The maximum atomic E-state index is 9.78. The molecular formula is C16H27N3O3. The number of phenolic OH excluding ortho intramolecular Hbond substituents is 1. The van der Waals surface area contributed by atoms with E-state index in [1.807, 2.05) is 26.8 Å².